The van der Waals surface area contributed by atoms with Crippen molar-refractivity contribution in [3.63, 3.8) is 0 Å². The number of nitrogens with one attached hydrogen (secondary N) is 1. The second kappa shape index (κ2) is 3.83. The molecule has 0 amide bonds. The highest BCUT2D eigenvalue weighted by Gasteiger charge is 2.00. The first-order valence-corrected chi connectivity index (χ1v) is 2.88. The van der Waals surface area contributed by atoms with Crippen molar-refractivity contribution in [2.45, 2.75) is 20.0 Å². The van der Waals surface area contributed by atoms with Crippen molar-refractivity contribution in [2.24, 2.45) is 5.84 Å². The highest BCUT2D eigenvalue weighted by molar-refractivity contribution is 4.52. The van der Waals surface area contributed by atoms with Crippen molar-refractivity contribution in [2.75, 3.05) is 13.6 Å². The van der Waals surface area contributed by atoms with E-state index in [9.17, 15) is 0 Å². The zero-order valence-corrected chi connectivity index (χ0v) is 5.81. The van der Waals surface area contributed by atoms with Gasteiger partial charge in [-0.25, -0.2) is 5.43 Å². The van der Waals surface area contributed by atoms with Gasteiger partial charge in [-0.05, 0) is 20.5 Å². The summed E-state index contributed by atoms with van der Waals surface area (Å²) >= 11 is 0. The van der Waals surface area contributed by atoms with Gasteiger partial charge < -0.3 is 0 Å². The van der Waals surface area contributed by atoms with E-state index in [1.54, 1.807) is 0 Å². The van der Waals surface area contributed by atoms with Crippen LogP contribution in [-0.2, 0) is 0 Å². The van der Waals surface area contributed by atoms with Crippen LogP contribution in [0.4, 0.5) is 0 Å². The maximum atomic E-state index is 5.16. The zero-order valence-electron chi connectivity index (χ0n) is 5.81. The second-order valence-corrected chi connectivity index (χ2v) is 1.92. The summed E-state index contributed by atoms with van der Waals surface area (Å²) in [5, 5.41) is 0. The van der Waals surface area contributed by atoms with Crippen LogP contribution in [0.3, 0.4) is 0 Å². The molecule has 1 atom stereocenters. The van der Waals surface area contributed by atoms with Crippen molar-refractivity contribution in [1.82, 2.24) is 10.3 Å². The molecule has 0 aromatic rings. The Morgan fingerprint density at radius 2 is 2.25 bits per heavy atom. The molecule has 0 aliphatic heterocycles. The molecule has 3 heteroatoms. The van der Waals surface area contributed by atoms with Crippen molar-refractivity contribution >= 4 is 0 Å². The Bertz CT molecular complexity index is 47.6. The Balaban J connectivity index is 3.29. The van der Waals surface area contributed by atoms with Gasteiger partial charge in [-0.2, -0.15) is 0 Å². The molecule has 8 heavy (non-hydrogen) atoms. The second-order valence-electron chi connectivity index (χ2n) is 1.92. The summed E-state index contributed by atoms with van der Waals surface area (Å²) < 4.78 is 0. The Labute approximate surface area is 50.8 Å². The van der Waals surface area contributed by atoms with Gasteiger partial charge in [-0.15, -0.1) is 0 Å². The van der Waals surface area contributed by atoms with Gasteiger partial charge >= 0.3 is 0 Å². The van der Waals surface area contributed by atoms with Gasteiger partial charge in [0, 0.05) is 0 Å². The van der Waals surface area contributed by atoms with Crippen LogP contribution in [0.25, 0.3) is 0 Å². The minimum absolute atomic E-state index is 0.278. The first-order chi connectivity index (χ1) is 3.72. The quantitative estimate of drug-likeness (QED) is 0.304. The Hall–Kier alpha value is -0.120. The highest BCUT2D eigenvalue weighted by atomic mass is 15.4. The molecule has 0 bridgehead atoms. The molecule has 0 aliphatic carbocycles. The monoisotopic (exact) mass is 117 g/mol. The molecule has 0 aromatic heterocycles. The first kappa shape index (κ1) is 7.88. The molecule has 0 rings (SSSR count). The lowest BCUT2D eigenvalue weighted by molar-refractivity contribution is 0.233. The summed E-state index contributed by atoms with van der Waals surface area (Å²) in [4.78, 5) is 2.11. The summed E-state index contributed by atoms with van der Waals surface area (Å²) in [5.74, 6) is 5.16. The van der Waals surface area contributed by atoms with Gasteiger partial charge in [0.2, 0.25) is 0 Å². The molecule has 0 saturated carbocycles. The number of rotatable bonds is 3. The van der Waals surface area contributed by atoms with E-state index in [0.29, 0.717) is 0 Å². The van der Waals surface area contributed by atoms with Crippen LogP contribution in [0.1, 0.15) is 13.8 Å². The molecule has 0 aromatic carbocycles. The summed E-state index contributed by atoms with van der Waals surface area (Å²) in [6, 6.07) is 0. The topological polar surface area (TPSA) is 41.3 Å². The molecule has 0 heterocycles. The molecule has 0 saturated heterocycles. The predicted octanol–water partition coefficient (Wildman–Crippen LogP) is -0.253. The standard InChI is InChI=1S/C5H15N3/c1-4-8(3)5(2)7-6/h5,7H,4,6H2,1-3H3. The fourth-order valence-corrected chi connectivity index (χ4v) is 0.401. The van der Waals surface area contributed by atoms with E-state index in [4.69, 9.17) is 5.84 Å². The van der Waals surface area contributed by atoms with E-state index < -0.39 is 0 Å². The average Bonchev–Trinajstić information content (AvgIpc) is 1.84. The SMILES string of the molecule is CCN(C)C(C)NN. The Morgan fingerprint density at radius 3 is 2.38 bits per heavy atom. The number of hydrogen-bond donors (Lipinski definition) is 2. The van der Waals surface area contributed by atoms with Crippen molar-refractivity contribution < 1.29 is 0 Å². The molecule has 50 valence electrons. The maximum Gasteiger partial charge on any atom is 0.0695 e. The Morgan fingerprint density at radius 1 is 1.75 bits per heavy atom. The van der Waals surface area contributed by atoms with Crippen LogP contribution in [0, 0.1) is 0 Å². The smallest absolute Gasteiger partial charge is 0.0695 e. The summed E-state index contributed by atoms with van der Waals surface area (Å²) in [6.07, 6.45) is 0.278. The minimum Gasteiger partial charge on any atom is -0.291 e. The summed E-state index contributed by atoms with van der Waals surface area (Å²) in [7, 11) is 2.02. The van der Waals surface area contributed by atoms with E-state index in [2.05, 4.69) is 17.2 Å². The molecule has 0 aliphatic rings. The first-order valence-electron chi connectivity index (χ1n) is 2.88. The maximum absolute atomic E-state index is 5.16. The third-order valence-electron chi connectivity index (χ3n) is 1.40. The van der Waals surface area contributed by atoms with Crippen LogP contribution in [-0.4, -0.2) is 24.7 Å². The Kier molecular flexibility index (Phi) is 3.77. The van der Waals surface area contributed by atoms with E-state index in [0.717, 1.165) is 6.54 Å². The lowest BCUT2D eigenvalue weighted by Gasteiger charge is -2.21. The predicted molar refractivity (Wildman–Crippen MR) is 35.1 cm³/mol. The minimum atomic E-state index is 0.278. The lowest BCUT2D eigenvalue weighted by Crippen LogP contribution is -2.44. The van der Waals surface area contributed by atoms with E-state index in [1.807, 2.05) is 14.0 Å². The van der Waals surface area contributed by atoms with Crippen LogP contribution in [0.15, 0.2) is 0 Å². The summed E-state index contributed by atoms with van der Waals surface area (Å²) in [6.45, 7) is 5.13. The van der Waals surface area contributed by atoms with Crippen molar-refractivity contribution in [1.29, 1.82) is 0 Å². The van der Waals surface area contributed by atoms with Gasteiger partial charge in [0.1, 0.15) is 0 Å². The molecular weight excluding hydrogens is 102 g/mol. The molecule has 0 fully saturated rings. The number of nitrogens with two attached hydrogens (primary N) is 1. The summed E-state index contributed by atoms with van der Waals surface area (Å²) in [5.41, 5.74) is 2.64. The molecule has 1 unspecified atom stereocenters. The largest absolute Gasteiger partial charge is 0.291 e. The van der Waals surface area contributed by atoms with Crippen LogP contribution in [0.2, 0.25) is 0 Å². The van der Waals surface area contributed by atoms with Gasteiger partial charge in [-0.1, -0.05) is 6.92 Å². The zero-order chi connectivity index (χ0) is 6.57. The van der Waals surface area contributed by atoms with Crippen LogP contribution in [0.5, 0.6) is 0 Å². The molecular formula is C5H15N3. The number of nitrogens with zero attached hydrogens (tertiary/aromatic N) is 1. The van der Waals surface area contributed by atoms with E-state index >= 15 is 0 Å². The van der Waals surface area contributed by atoms with E-state index in [-0.39, 0.29) is 6.17 Å². The highest BCUT2D eigenvalue weighted by Crippen LogP contribution is 1.85. The fraction of sp³-hybridized carbons (Fsp3) is 1.00. The number of hydrazine groups is 1. The van der Waals surface area contributed by atoms with Gasteiger partial charge in [0.05, 0.1) is 6.17 Å². The molecule has 0 radical (unpaired) electrons. The normalized spacial score (nSPS) is 14.6. The average molecular weight is 117 g/mol. The lowest BCUT2D eigenvalue weighted by atomic mass is 10.5. The molecule has 3 N–H and O–H groups in total. The van der Waals surface area contributed by atoms with Crippen molar-refractivity contribution in [3.05, 3.63) is 0 Å². The van der Waals surface area contributed by atoms with Crippen LogP contribution >= 0.6 is 0 Å². The third-order valence-corrected chi connectivity index (χ3v) is 1.40. The van der Waals surface area contributed by atoms with Crippen molar-refractivity contribution in [3.8, 4) is 0 Å². The van der Waals surface area contributed by atoms with Gasteiger partial charge in [0.25, 0.3) is 0 Å². The fourth-order valence-electron chi connectivity index (χ4n) is 0.401. The molecule has 0 spiro atoms. The number of hydrogen-bond acceptors (Lipinski definition) is 3. The molecule has 3 nitrogen and oxygen atoms in total. The van der Waals surface area contributed by atoms with Gasteiger partial charge in [0.15, 0.2) is 0 Å². The van der Waals surface area contributed by atoms with Crippen LogP contribution < -0.4 is 11.3 Å². The van der Waals surface area contributed by atoms with E-state index in [1.165, 1.54) is 0 Å². The van der Waals surface area contributed by atoms with Gasteiger partial charge in [-0.3, -0.25) is 10.7 Å². The third kappa shape index (κ3) is 2.26.